The van der Waals surface area contributed by atoms with Gasteiger partial charge in [0.15, 0.2) is 0 Å². The maximum Gasteiger partial charge on any atom is 0.262 e. The predicted molar refractivity (Wildman–Crippen MR) is 83.7 cm³/mol. The topological polar surface area (TPSA) is 63.2 Å². The zero-order chi connectivity index (χ0) is 16.0. The van der Waals surface area contributed by atoms with E-state index in [-0.39, 0.29) is 25.9 Å². The van der Waals surface area contributed by atoms with Gasteiger partial charge in [-0.15, -0.1) is 0 Å². The number of amides is 1. The van der Waals surface area contributed by atoms with Gasteiger partial charge in [-0.1, -0.05) is 37.0 Å². The molecule has 1 N–H and O–H groups in total. The highest BCUT2D eigenvalue weighted by molar-refractivity contribution is 8.13. The van der Waals surface area contributed by atoms with Crippen molar-refractivity contribution in [2.24, 2.45) is 11.3 Å². The summed E-state index contributed by atoms with van der Waals surface area (Å²) in [6.45, 7) is 4.73. The maximum atomic E-state index is 12.2. The van der Waals surface area contributed by atoms with Crippen LogP contribution in [-0.2, 0) is 9.05 Å². The third kappa shape index (κ3) is 3.65. The van der Waals surface area contributed by atoms with Crippen LogP contribution in [0.4, 0.5) is 0 Å². The third-order valence-electron chi connectivity index (χ3n) is 3.77. The molecule has 0 spiro atoms. The quantitative estimate of drug-likeness (QED) is 0.822. The second kappa shape index (κ2) is 5.61. The molecule has 1 aliphatic rings. The molecule has 0 radical (unpaired) electrons. The smallest absolute Gasteiger partial charge is 0.262 e. The van der Waals surface area contributed by atoms with E-state index in [1.807, 2.05) is 0 Å². The highest BCUT2D eigenvalue weighted by Crippen LogP contribution is 2.51. The minimum atomic E-state index is -4.04. The molecule has 1 unspecified atom stereocenters. The van der Waals surface area contributed by atoms with E-state index in [1.54, 1.807) is 0 Å². The molecule has 2 rings (SSSR count). The minimum absolute atomic E-state index is 0.0708. The fraction of sp³-hybridized carbons (Fsp3) is 0.462. The molecule has 0 heterocycles. The highest BCUT2D eigenvalue weighted by Gasteiger charge is 2.45. The van der Waals surface area contributed by atoms with Gasteiger partial charge < -0.3 is 5.32 Å². The van der Waals surface area contributed by atoms with Crippen molar-refractivity contribution >= 4 is 48.8 Å². The number of benzene rings is 1. The van der Waals surface area contributed by atoms with Crippen molar-refractivity contribution < 1.29 is 13.2 Å². The van der Waals surface area contributed by atoms with Crippen LogP contribution in [0.15, 0.2) is 17.0 Å². The van der Waals surface area contributed by atoms with E-state index in [1.165, 1.54) is 12.1 Å². The second-order valence-corrected chi connectivity index (χ2v) is 9.09. The average molecular weight is 371 g/mol. The van der Waals surface area contributed by atoms with Gasteiger partial charge >= 0.3 is 0 Å². The summed E-state index contributed by atoms with van der Waals surface area (Å²) in [6.07, 6.45) is 1.03. The summed E-state index contributed by atoms with van der Waals surface area (Å²) in [5.74, 6) is -0.103. The van der Waals surface area contributed by atoms with Crippen LogP contribution in [-0.4, -0.2) is 20.9 Å². The van der Waals surface area contributed by atoms with Gasteiger partial charge in [0.2, 0.25) is 0 Å². The summed E-state index contributed by atoms with van der Waals surface area (Å²) in [5, 5.41) is 2.55. The van der Waals surface area contributed by atoms with Crippen molar-refractivity contribution in [1.82, 2.24) is 5.32 Å². The fourth-order valence-electron chi connectivity index (χ4n) is 2.16. The molecule has 0 aromatic heterocycles. The molecule has 1 saturated carbocycles. The van der Waals surface area contributed by atoms with Crippen molar-refractivity contribution in [1.29, 1.82) is 0 Å². The van der Waals surface area contributed by atoms with Gasteiger partial charge in [-0.25, -0.2) is 8.42 Å². The Labute approximate surface area is 138 Å². The lowest BCUT2D eigenvalue weighted by molar-refractivity contribution is 0.0950. The van der Waals surface area contributed by atoms with Crippen molar-refractivity contribution in [2.75, 3.05) is 6.54 Å². The Morgan fingerprint density at radius 3 is 2.43 bits per heavy atom. The summed E-state index contributed by atoms with van der Waals surface area (Å²) >= 11 is 11.9. The molecular formula is C13H14Cl3NO3S. The minimum Gasteiger partial charge on any atom is -0.352 e. The summed E-state index contributed by atoms with van der Waals surface area (Å²) in [5.41, 5.74) is 0.154. The Morgan fingerprint density at radius 1 is 1.38 bits per heavy atom. The molecule has 0 bridgehead atoms. The second-order valence-electron chi connectivity index (χ2n) is 5.77. The zero-order valence-corrected chi connectivity index (χ0v) is 14.5. The number of rotatable bonds is 4. The number of hydrogen-bond acceptors (Lipinski definition) is 3. The Bertz CT molecular complexity index is 701. The van der Waals surface area contributed by atoms with E-state index in [4.69, 9.17) is 33.9 Å². The number of carbonyl (C=O) groups excluding carboxylic acids is 1. The van der Waals surface area contributed by atoms with Crippen molar-refractivity contribution in [3.63, 3.8) is 0 Å². The molecule has 1 aromatic rings. The van der Waals surface area contributed by atoms with Crippen molar-refractivity contribution in [2.45, 2.75) is 25.2 Å². The van der Waals surface area contributed by atoms with Crippen LogP contribution in [0.1, 0.15) is 30.6 Å². The van der Waals surface area contributed by atoms with Crippen LogP contribution in [0.2, 0.25) is 10.0 Å². The maximum absolute atomic E-state index is 12.2. The van der Waals surface area contributed by atoms with E-state index >= 15 is 0 Å². The van der Waals surface area contributed by atoms with Gasteiger partial charge in [-0.2, -0.15) is 0 Å². The highest BCUT2D eigenvalue weighted by atomic mass is 35.7. The van der Waals surface area contributed by atoms with Gasteiger partial charge in [0.1, 0.15) is 4.90 Å². The number of nitrogens with one attached hydrogen (secondary N) is 1. The largest absolute Gasteiger partial charge is 0.352 e. The number of hydrogen-bond donors (Lipinski definition) is 1. The van der Waals surface area contributed by atoms with Crippen LogP contribution < -0.4 is 5.32 Å². The number of carbonyl (C=O) groups is 1. The fourth-order valence-corrected chi connectivity index (χ4v) is 4.06. The Kier molecular flexibility index (Phi) is 4.51. The molecular weight excluding hydrogens is 357 g/mol. The molecule has 1 atom stereocenters. The molecule has 8 heteroatoms. The van der Waals surface area contributed by atoms with E-state index in [0.29, 0.717) is 12.5 Å². The van der Waals surface area contributed by atoms with E-state index in [0.717, 1.165) is 6.42 Å². The SMILES string of the molecule is CC1(C)CC1CNC(=O)c1c(Cl)ccc(S(=O)(=O)Cl)c1Cl. The first-order valence-corrected chi connectivity index (χ1v) is 9.31. The van der Waals surface area contributed by atoms with Crippen molar-refractivity contribution in [3.05, 3.63) is 27.7 Å². The summed E-state index contributed by atoms with van der Waals surface area (Å²) in [4.78, 5) is 11.9. The molecule has 0 aliphatic heterocycles. The first-order valence-electron chi connectivity index (χ1n) is 6.25. The molecule has 1 aromatic carbocycles. The van der Waals surface area contributed by atoms with Crippen LogP contribution in [0.25, 0.3) is 0 Å². The number of halogens is 3. The van der Waals surface area contributed by atoms with Gasteiger partial charge in [0.05, 0.1) is 15.6 Å². The lowest BCUT2D eigenvalue weighted by Crippen LogP contribution is -2.27. The molecule has 1 fully saturated rings. The Balaban J connectivity index is 2.24. The van der Waals surface area contributed by atoms with E-state index in [2.05, 4.69) is 19.2 Å². The van der Waals surface area contributed by atoms with Crippen LogP contribution in [0.3, 0.4) is 0 Å². The lowest BCUT2D eigenvalue weighted by atomic mass is 10.1. The summed E-state index contributed by atoms with van der Waals surface area (Å²) in [7, 11) is 1.24. The average Bonchev–Trinajstić information content (AvgIpc) is 2.92. The normalized spacial score (nSPS) is 20.1. The van der Waals surface area contributed by atoms with E-state index in [9.17, 15) is 13.2 Å². The standard InChI is InChI=1S/C13H14Cl3NO3S/c1-13(2)5-7(13)6-17-12(18)10-8(14)3-4-9(11(10)15)21(16,19)20/h3-4,7H,5-6H2,1-2H3,(H,17,18). The molecule has 4 nitrogen and oxygen atoms in total. The van der Waals surface area contributed by atoms with Crippen LogP contribution >= 0.6 is 33.9 Å². The summed E-state index contributed by atoms with van der Waals surface area (Å²) in [6, 6.07) is 2.46. The molecule has 116 valence electrons. The van der Waals surface area contributed by atoms with Gasteiger partial charge in [0, 0.05) is 17.2 Å². The Morgan fingerprint density at radius 2 is 1.95 bits per heavy atom. The lowest BCUT2D eigenvalue weighted by Gasteiger charge is -2.11. The molecule has 1 amide bonds. The predicted octanol–water partition coefficient (Wildman–Crippen LogP) is 3.70. The first kappa shape index (κ1) is 16.9. The Hall–Kier alpha value is -0.490. The molecule has 0 saturated heterocycles. The van der Waals surface area contributed by atoms with Gasteiger partial charge in [0.25, 0.3) is 15.0 Å². The summed E-state index contributed by atoms with van der Waals surface area (Å²) < 4.78 is 22.8. The van der Waals surface area contributed by atoms with Crippen LogP contribution in [0, 0.1) is 11.3 Å². The van der Waals surface area contributed by atoms with E-state index < -0.39 is 15.0 Å². The van der Waals surface area contributed by atoms with Gasteiger partial charge in [-0.3, -0.25) is 4.79 Å². The monoisotopic (exact) mass is 369 g/mol. The molecule has 21 heavy (non-hydrogen) atoms. The third-order valence-corrected chi connectivity index (χ3v) is 5.96. The molecule has 1 aliphatic carbocycles. The van der Waals surface area contributed by atoms with Crippen molar-refractivity contribution in [3.8, 4) is 0 Å². The first-order chi connectivity index (χ1) is 9.54. The zero-order valence-electron chi connectivity index (χ0n) is 11.4. The van der Waals surface area contributed by atoms with Crippen LogP contribution in [0.5, 0.6) is 0 Å². The van der Waals surface area contributed by atoms with Gasteiger partial charge in [-0.05, 0) is 29.9 Å².